The third kappa shape index (κ3) is 2.22. The summed E-state index contributed by atoms with van der Waals surface area (Å²) in [5.74, 6) is 0.585. The van der Waals surface area contributed by atoms with Crippen molar-refractivity contribution in [3.05, 3.63) is 35.9 Å². The Hall–Kier alpha value is -2.04. The first-order chi connectivity index (χ1) is 8.26. The van der Waals surface area contributed by atoms with Crippen LogP contribution in [0.4, 0.5) is 0 Å². The molecule has 0 fully saturated rings. The average Bonchev–Trinajstić information content (AvgIpc) is 2.83. The Morgan fingerprint density at radius 1 is 1.29 bits per heavy atom. The SMILES string of the molecule is CCC(=O)c1cn(-c2ncccn2)nc1CC. The number of carbonyl (C=O) groups excluding carboxylic acids is 1. The normalized spacial score (nSPS) is 10.5. The van der Waals surface area contributed by atoms with Crippen LogP contribution in [-0.4, -0.2) is 25.5 Å². The van der Waals surface area contributed by atoms with Gasteiger partial charge >= 0.3 is 0 Å². The minimum absolute atomic E-state index is 0.101. The lowest BCUT2D eigenvalue weighted by Gasteiger charge is -1.95. The van der Waals surface area contributed by atoms with Crippen molar-refractivity contribution >= 4 is 5.78 Å². The summed E-state index contributed by atoms with van der Waals surface area (Å²) in [5.41, 5.74) is 1.46. The minimum atomic E-state index is 0.101. The number of hydrogen-bond donors (Lipinski definition) is 0. The van der Waals surface area contributed by atoms with E-state index in [1.165, 1.54) is 0 Å². The van der Waals surface area contributed by atoms with Gasteiger partial charge in [0.25, 0.3) is 0 Å². The molecule has 88 valence electrons. The van der Waals surface area contributed by atoms with E-state index in [-0.39, 0.29) is 5.78 Å². The zero-order valence-electron chi connectivity index (χ0n) is 9.92. The highest BCUT2D eigenvalue weighted by Crippen LogP contribution is 2.12. The van der Waals surface area contributed by atoms with Crippen LogP contribution < -0.4 is 0 Å². The molecule has 0 unspecified atom stereocenters. The van der Waals surface area contributed by atoms with Gasteiger partial charge in [0, 0.05) is 25.0 Å². The maximum absolute atomic E-state index is 11.7. The van der Waals surface area contributed by atoms with Crippen molar-refractivity contribution in [2.24, 2.45) is 0 Å². The second kappa shape index (κ2) is 4.86. The van der Waals surface area contributed by atoms with Crippen molar-refractivity contribution in [2.45, 2.75) is 26.7 Å². The first-order valence-corrected chi connectivity index (χ1v) is 5.65. The summed E-state index contributed by atoms with van der Waals surface area (Å²) in [4.78, 5) is 19.9. The first-order valence-electron chi connectivity index (χ1n) is 5.65. The number of rotatable bonds is 4. The molecule has 0 radical (unpaired) electrons. The van der Waals surface area contributed by atoms with Gasteiger partial charge in [0.15, 0.2) is 5.78 Å². The van der Waals surface area contributed by atoms with Gasteiger partial charge in [-0.05, 0) is 12.5 Å². The second-order valence-corrected chi connectivity index (χ2v) is 3.61. The third-order valence-electron chi connectivity index (χ3n) is 2.50. The number of Topliss-reactive ketones (excluding diaryl/α,β-unsaturated/α-hetero) is 1. The zero-order valence-corrected chi connectivity index (χ0v) is 9.92. The largest absolute Gasteiger partial charge is 0.294 e. The molecular weight excluding hydrogens is 216 g/mol. The number of carbonyl (C=O) groups is 1. The molecule has 0 aliphatic carbocycles. The summed E-state index contributed by atoms with van der Waals surface area (Å²) in [7, 11) is 0. The van der Waals surface area contributed by atoms with Gasteiger partial charge in [-0.2, -0.15) is 5.10 Å². The van der Waals surface area contributed by atoms with Gasteiger partial charge in [0.1, 0.15) is 0 Å². The molecule has 2 rings (SSSR count). The second-order valence-electron chi connectivity index (χ2n) is 3.61. The fraction of sp³-hybridized carbons (Fsp3) is 0.333. The van der Waals surface area contributed by atoms with Gasteiger partial charge in [-0.15, -0.1) is 0 Å². The van der Waals surface area contributed by atoms with Gasteiger partial charge in [0.2, 0.25) is 5.95 Å². The summed E-state index contributed by atoms with van der Waals surface area (Å²) in [6, 6.07) is 1.74. The van der Waals surface area contributed by atoms with Gasteiger partial charge < -0.3 is 0 Å². The number of hydrogen-bond acceptors (Lipinski definition) is 4. The van der Waals surface area contributed by atoms with Crippen molar-refractivity contribution in [1.29, 1.82) is 0 Å². The molecule has 0 saturated carbocycles. The minimum Gasteiger partial charge on any atom is -0.294 e. The first kappa shape index (κ1) is 11.4. The molecule has 17 heavy (non-hydrogen) atoms. The smallest absolute Gasteiger partial charge is 0.250 e. The Morgan fingerprint density at radius 2 is 2.00 bits per heavy atom. The van der Waals surface area contributed by atoms with Crippen LogP contribution in [0.25, 0.3) is 5.95 Å². The molecule has 0 aromatic carbocycles. The summed E-state index contributed by atoms with van der Waals surface area (Å²) in [6.07, 6.45) is 6.21. The Labute approximate surface area is 99.5 Å². The van der Waals surface area contributed by atoms with Gasteiger partial charge in [-0.25, -0.2) is 14.6 Å². The molecule has 2 heterocycles. The predicted octanol–water partition coefficient (Wildman–Crippen LogP) is 1.82. The molecule has 0 saturated heterocycles. The van der Waals surface area contributed by atoms with E-state index in [1.54, 1.807) is 29.3 Å². The van der Waals surface area contributed by atoms with E-state index in [0.717, 1.165) is 12.1 Å². The molecule has 0 bridgehead atoms. The van der Waals surface area contributed by atoms with Crippen LogP contribution >= 0.6 is 0 Å². The molecule has 2 aromatic rings. The van der Waals surface area contributed by atoms with E-state index >= 15 is 0 Å². The van der Waals surface area contributed by atoms with Crippen LogP contribution in [0.5, 0.6) is 0 Å². The average molecular weight is 230 g/mol. The molecular formula is C12H14N4O. The Morgan fingerprint density at radius 3 is 2.59 bits per heavy atom. The standard InChI is InChI=1S/C12H14N4O/c1-3-10-9(11(17)4-2)8-16(15-10)12-13-6-5-7-14-12/h5-8H,3-4H2,1-2H3. The molecule has 5 nitrogen and oxygen atoms in total. The van der Waals surface area contributed by atoms with Gasteiger partial charge in [0.05, 0.1) is 11.3 Å². The Bertz CT molecular complexity index is 519. The van der Waals surface area contributed by atoms with E-state index in [1.807, 2.05) is 13.8 Å². The van der Waals surface area contributed by atoms with Gasteiger partial charge in [-0.3, -0.25) is 4.79 Å². The van der Waals surface area contributed by atoms with E-state index in [4.69, 9.17) is 0 Å². The number of aromatic nitrogens is 4. The Kier molecular flexibility index (Phi) is 3.27. The summed E-state index contributed by atoms with van der Waals surface area (Å²) < 4.78 is 1.56. The van der Waals surface area contributed by atoms with E-state index in [0.29, 0.717) is 17.9 Å². The zero-order chi connectivity index (χ0) is 12.3. The lowest BCUT2D eigenvalue weighted by molar-refractivity contribution is 0.0987. The molecule has 5 heteroatoms. The fourth-order valence-electron chi connectivity index (χ4n) is 1.61. The quantitative estimate of drug-likeness (QED) is 0.752. The maximum Gasteiger partial charge on any atom is 0.250 e. The number of ketones is 1. The van der Waals surface area contributed by atoms with E-state index in [9.17, 15) is 4.79 Å². The number of nitrogens with zero attached hydrogens (tertiary/aromatic N) is 4. The molecule has 0 amide bonds. The molecule has 2 aromatic heterocycles. The predicted molar refractivity (Wildman–Crippen MR) is 63.2 cm³/mol. The van der Waals surface area contributed by atoms with E-state index < -0.39 is 0 Å². The molecule has 0 aliphatic rings. The van der Waals surface area contributed by atoms with Crippen LogP contribution in [0.3, 0.4) is 0 Å². The maximum atomic E-state index is 11.7. The van der Waals surface area contributed by atoms with E-state index in [2.05, 4.69) is 15.1 Å². The highest BCUT2D eigenvalue weighted by Gasteiger charge is 2.14. The number of aryl methyl sites for hydroxylation is 1. The third-order valence-corrected chi connectivity index (χ3v) is 2.50. The molecule has 0 N–H and O–H groups in total. The van der Waals surface area contributed by atoms with Crippen LogP contribution in [0.1, 0.15) is 36.3 Å². The monoisotopic (exact) mass is 230 g/mol. The fourth-order valence-corrected chi connectivity index (χ4v) is 1.61. The molecule has 0 aliphatic heterocycles. The van der Waals surface area contributed by atoms with Crippen molar-refractivity contribution < 1.29 is 4.79 Å². The summed E-state index contributed by atoms with van der Waals surface area (Å²) in [6.45, 7) is 3.82. The lowest BCUT2D eigenvalue weighted by Crippen LogP contribution is -2.00. The highest BCUT2D eigenvalue weighted by molar-refractivity contribution is 5.96. The molecule has 0 spiro atoms. The van der Waals surface area contributed by atoms with Crippen molar-refractivity contribution in [3.63, 3.8) is 0 Å². The van der Waals surface area contributed by atoms with Crippen molar-refractivity contribution in [2.75, 3.05) is 0 Å². The van der Waals surface area contributed by atoms with Crippen LogP contribution in [0, 0.1) is 0 Å². The summed E-state index contributed by atoms with van der Waals surface area (Å²) in [5, 5.41) is 4.34. The van der Waals surface area contributed by atoms with Crippen LogP contribution in [0.2, 0.25) is 0 Å². The Balaban J connectivity index is 2.45. The summed E-state index contributed by atoms with van der Waals surface area (Å²) >= 11 is 0. The van der Waals surface area contributed by atoms with Gasteiger partial charge in [-0.1, -0.05) is 13.8 Å². The van der Waals surface area contributed by atoms with Crippen molar-refractivity contribution in [3.8, 4) is 5.95 Å². The van der Waals surface area contributed by atoms with Crippen LogP contribution in [-0.2, 0) is 6.42 Å². The van der Waals surface area contributed by atoms with Crippen LogP contribution in [0.15, 0.2) is 24.7 Å². The topological polar surface area (TPSA) is 60.7 Å². The highest BCUT2D eigenvalue weighted by atomic mass is 16.1. The van der Waals surface area contributed by atoms with Crippen molar-refractivity contribution in [1.82, 2.24) is 19.7 Å². The molecule has 0 atom stereocenters. The lowest BCUT2D eigenvalue weighted by atomic mass is 10.1.